The first-order valence-electron chi connectivity index (χ1n) is 8.91. The van der Waals surface area contributed by atoms with Crippen LogP contribution in [0.4, 0.5) is 0 Å². The van der Waals surface area contributed by atoms with Crippen LogP contribution in [0.2, 0.25) is 0 Å². The molecule has 3 aromatic rings. The molecule has 0 radical (unpaired) electrons. The highest BCUT2D eigenvalue weighted by Crippen LogP contribution is 2.23. The van der Waals surface area contributed by atoms with Crippen molar-refractivity contribution in [3.05, 3.63) is 58.9 Å². The Morgan fingerprint density at radius 3 is 2.61 bits per heavy atom. The van der Waals surface area contributed by atoms with E-state index in [1.807, 2.05) is 31.2 Å². The Labute approximate surface area is 161 Å². The van der Waals surface area contributed by atoms with E-state index in [9.17, 15) is 14.7 Å². The number of nitrogens with zero attached hydrogens (tertiary/aromatic N) is 6. The predicted octanol–water partition coefficient (Wildman–Crippen LogP) is 1.50. The second kappa shape index (κ2) is 6.59. The summed E-state index contributed by atoms with van der Waals surface area (Å²) in [6.45, 7) is 5.76. The summed E-state index contributed by atoms with van der Waals surface area (Å²) in [6.07, 6.45) is 1.49. The van der Waals surface area contributed by atoms with Gasteiger partial charge in [-0.1, -0.05) is 18.2 Å². The smallest absolute Gasteiger partial charge is 0.328 e. The molecule has 1 N–H and O–H groups in total. The monoisotopic (exact) mass is 380 g/mol. The largest absolute Gasteiger partial charge is 0.480 e. The molecule has 2 aromatic heterocycles. The number of hydrogen-bond acceptors (Lipinski definition) is 5. The third kappa shape index (κ3) is 2.75. The third-order valence-electron chi connectivity index (χ3n) is 5.19. The summed E-state index contributed by atoms with van der Waals surface area (Å²) in [5, 5.41) is 22.1. The fraction of sp³-hybridized carbons (Fsp3) is 0.316. The topological polar surface area (TPSA) is 106 Å². The van der Waals surface area contributed by atoms with E-state index in [0.717, 1.165) is 11.3 Å². The average molecular weight is 380 g/mol. The maximum absolute atomic E-state index is 13.2. The SMILES string of the molecule is Cc1ccccc1-n1ncc(C(=O)N2Cc3nnc(C)n3CC2C(=O)O)c1C. The molecular formula is C19H20N6O3. The van der Waals surface area contributed by atoms with Gasteiger partial charge in [-0.15, -0.1) is 10.2 Å². The summed E-state index contributed by atoms with van der Waals surface area (Å²) in [4.78, 5) is 26.4. The summed E-state index contributed by atoms with van der Waals surface area (Å²) in [6, 6.07) is 6.75. The van der Waals surface area contributed by atoms with Gasteiger partial charge in [-0.3, -0.25) is 4.79 Å². The molecule has 1 aliphatic rings. The molecule has 1 amide bonds. The molecule has 28 heavy (non-hydrogen) atoms. The minimum Gasteiger partial charge on any atom is -0.480 e. The number of carbonyl (C=O) groups is 2. The van der Waals surface area contributed by atoms with Crippen LogP contribution in [0.1, 0.15) is 33.3 Å². The van der Waals surface area contributed by atoms with Crippen molar-refractivity contribution in [2.75, 3.05) is 0 Å². The molecule has 1 aliphatic heterocycles. The molecule has 1 unspecified atom stereocenters. The van der Waals surface area contributed by atoms with Gasteiger partial charge in [-0.25, -0.2) is 9.48 Å². The summed E-state index contributed by atoms with van der Waals surface area (Å²) in [5.41, 5.74) is 2.94. The van der Waals surface area contributed by atoms with Crippen LogP contribution < -0.4 is 0 Å². The summed E-state index contributed by atoms with van der Waals surface area (Å²) >= 11 is 0. The molecule has 1 aromatic carbocycles. The maximum Gasteiger partial charge on any atom is 0.328 e. The van der Waals surface area contributed by atoms with Crippen molar-refractivity contribution < 1.29 is 14.7 Å². The average Bonchev–Trinajstić information content (AvgIpc) is 3.23. The van der Waals surface area contributed by atoms with Crippen LogP contribution in [-0.2, 0) is 17.9 Å². The van der Waals surface area contributed by atoms with Crippen molar-refractivity contribution in [1.82, 2.24) is 29.4 Å². The van der Waals surface area contributed by atoms with E-state index in [-0.39, 0.29) is 19.0 Å². The van der Waals surface area contributed by atoms with Crippen molar-refractivity contribution in [1.29, 1.82) is 0 Å². The Kier molecular flexibility index (Phi) is 4.21. The molecule has 0 fully saturated rings. The number of aromatic nitrogens is 5. The maximum atomic E-state index is 13.2. The van der Waals surface area contributed by atoms with Crippen molar-refractivity contribution in [3.8, 4) is 5.69 Å². The highest BCUT2D eigenvalue weighted by molar-refractivity contribution is 5.97. The minimum absolute atomic E-state index is 0.0889. The minimum atomic E-state index is -1.06. The number of aryl methyl sites for hydroxylation is 2. The number of carboxylic acid groups (broad SMARTS) is 1. The van der Waals surface area contributed by atoms with Crippen LogP contribution in [0.5, 0.6) is 0 Å². The number of hydrogen-bond donors (Lipinski definition) is 1. The lowest BCUT2D eigenvalue weighted by molar-refractivity contribution is -0.143. The van der Waals surface area contributed by atoms with Gasteiger partial charge in [0.05, 0.1) is 36.2 Å². The van der Waals surface area contributed by atoms with E-state index in [0.29, 0.717) is 22.9 Å². The Morgan fingerprint density at radius 1 is 1.14 bits per heavy atom. The van der Waals surface area contributed by atoms with Gasteiger partial charge < -0.3 is 14.6 Å². The summed E-state index contributed by atoms with van der Waals surface area (Å²) in [5.74, 6) is -0.225. The van der Waals surface area contributed by atoms with E-state index in [1.54, 1.807) is 23.1 Å². The van der Waals surface area contributed by atoms with Crippen molar-refractivity contribution in [2.45, 2.75) is 39.9 Å². The fourth-order valence-corrected chi connectivity index (χ4v) is 3.56. The van der Waals surface area contributed by atoms with E-state index < -0.39 is 12.0 Å². The number of carbonyl (C=O) groups excluding carboxylic acids is 1. The number of aliphatic carboxylic acids is 1. The van der Waals surface area contributed by atoms with Gasteiger partial charge in [0, 0.05) is 0 Å². The van der Waals surface area contributed by atoms with Crippen molar-refractivity contribution in [3.63, 3.8) is 0 Å². The van der Waals surface area contributed by atoms with Gasteiger partial charge in [0.25, 0.3) is 5.91 Å². The predicted molar refractivity (Wildman–Crippen MR) is 99.1 cm³/mol. The second-order valence-corrected chi connectivity index (χ2v) is 6.90. The number of fused-ring (bicyclic) bond motifs is 1. The van der Waals surface area contributed by atoms with Gasteiger partial charge in [0.1, 0.15) is 11.9 Å². The summed E-state index contributed by atoms with van der Waals surface area (Å²) < 4.78 is 3.45. The van der Waals surface area contributed by atoms with Crippen LogP contribution in [0, 0.1) is 20.8 Å². The Hall–Kier alpha value is -3.49. The molecule has 0 aliphatic carbocycles. The van der Waals surface area contributed by atoms with Crippen LogP contribution in [0.3, 0.4) is 0 Å². The van der Waals surface area contributed by atoms with E-state index in [1.165, 1.54) is 11.1 Å². The molecule has 144 valence electrons. The van der Waals surface area contributed by atoms with Crippen LogP contribution in [-0.4, -0.2) is 52.5 Å². The molecule has 4 rings (SSSR count). The Bertz CT molecular complexity index is 1080. The van der Waals surface area contributed by atoms with Gasteiger partial charge >= 0.3 is 5.97 Å². The molecule has 9 heteroatoms. The second-order valence-electron chi connectivity index (χ2n) is 6.90. The standard InChI is InChI=1S/C19H20N6O3/c1-11-6-4-5-7-15(11)25-12(2)14(8-20-25)18(26)24-10-17-22-21-13(3)23(17)9-16(24)19(27)28/h4-8,16H,9-10H2,1-3H3,(H,27,28). The zero-order chi connectivity index (χ0) is 20.0. The zero-order valence-electron chi connectivity index (χ0n) is 15.8. The fourth-order valence-electron chi connectivity index (χ4n) is 3.56. The highest BCUT2D eigenvalue weighted by atomic mass is 16.4. The number of para-hydroxylation sites is 1. The molecule has 0 bridgehead atoms. The van der Waals surface area contributed by atoms with Crippen LogP contribution in [0.25, 0.3) is 5.69 Å². The molecule has 0 spiro atoms. The molecule has 3 heterocycles. The quantitative estimate of drug-likeness (QED) is 0.738. The number of rotatable bonds is 3. The van der Waals surface area contributed by atoms with Gasteiger partial charge in [0.2, 0.25) is 0 Å². The first kappa shape index (κ1) is 17.9. The van der Waals surface area contributed by atoms with Crippen LogP contribution in [0.15, 0.2) is 30.5 Å². The lowest BCUT2D eigenvalue weighted by Crippen LogP contribution is -2.50. The number of carboxylic acids is 1. The molecule has 0 saturated carbocycles. The van der Waals surface area contributed by atoms with Crippen LogP contribution >= 0.6 is 0 Å². The summed E-state index contributed by atoms with van der Waals surface area (Å²) in [7, 11) is 0. The van der Waals surface area contributed by atoms with Gasteiger partial charge in [-0.2, -0.15) is 5.10 Å². The number of benzene rings is 1. The van der Waals surface area contributed by atoms with Gasteiger partial charge in [0.15, 0.2) is 5.82 Å². The van der Waals surface area contributed by atoms with E-state index in [4.69, 9.17) is 0 Å². The molecule has 9 nitrogen and oxygen atoms in total. The molecular weight excluding hydrogens is 360 g/mol. The first-order valence-corrected chi connectivity index (χ1v) is 8.91. The normalized spacial score (nSPS) is 16.1. The molecule has 1 atom stereocenters. The Balaban J connectivity index is 1.71. The first-order chi connectivity index (χ1) is 13.4. The molecule has 0 saturated heterocycles. The highest BCUT2D eigenvalue weighted by Gasteiger charge is 2.37. The zero-order valence-corrected chi connectivity index (χ0v) is 15.8. The van der Waals surface area contributed by atoms with Crippen molar-refractivity contribution in [2.24, 2.45) is 0 Å². The lowest BCUT2D eigenvalue weighted by atomic mass is 10.1. The third-order valence-corrected chi connectivity index (χ3v) is 5.19. The van der Waals surface area contributed by atoms with E-state index >= 15 is 0 Å². The van der Waals surface area contributed by atoms with Gasteiger partial charge in [-0.05, 0) is 32.4 Å². The lowest BCUT2D eigenvalue weighted by Gasteiger charge is -2.33. The Morgan fingerprint density at radius 2 is 1.89 bits per heavy atom. The van der Waals surface area contributed by atoms with Crippen molar-refractivity contribution >= 4 is 11.9 Å². The van der Waals surface area contributed by atoms with E-state index in [2.05, 4.69) is 15.3 Å². The number of amides is 1.